The molecular formula is C9H9N3O2S. The number of thioether (sulfide) groups is 1. The lowest BCUT2D eigenvalue weighted by atomic mass is 10.3. The molecule has 0 saturated heterocycles. The van der Waals surface area contributed by atoms with Crippen molar-refractivity contribution in [2.75, 3.05) is 13.4 Å². The van der Waals surface area contributed by atoms with Gasteiger partial charge in [0.1, 0.15) is 0 Å². The third-order valence-corrected chi connectivity index (χ3v) is 2.56. The van der Waals surface area contributed by atoms with Crippen LogP contribution in [0.5, 0.6) is 0 Å². The molecule has 2 aromatic rings. The van der Waals surface area contributed by atoms with Gasteiger partial charge >= 0.3 is 5.97 Å². The lowest BCUT2D eigenvalue weighted by Crippen LogP contribution is -2.07. The smallest absolute Gasteiger partial charge is 0.356 e. The number of rotatable bonds is 2. The minimum Gasteiger partial charge on any atom is -0.464 e. The summed E-state index contributed by atoms with van der Waals surface area (Å²) in [4.78, 5) is 15.5. The molecule has 0 aliphatic heterocycles. The molecule has 2 heterocycles. The van der Waals surface area contributed by atoms with E-state index in [-0.39, 0.29) is 0 Å². The van der Waals surface area contributed by atoms with E-state index in [2.05, 4.69) is 14.8 Å². The van der Waals surface area contributed by atoms with E-state index in [9.17, 15) is 4.79 Å². The van der Waals surface area contributed by atoms with Gasteiger partial charge in [-0.05, 0) is 18.4 Å². The van der Waals surface area contributed by atoms with Crippen LogP contribution in [-0.4, -0.2) is 33.9 Å². The highest BCUT2D eigenvalue weighted by Gasteiger charge is 2.11. The molecule has 0 radical (unpaired) electrons. The van der Waals surface area contributed by atoms with Crippen LogP contribution < -0.4 is 0 Å². The summed E-state index contributed by atoms with van der Waals surface area (Å²) in [5, 5.41) is 4.76. The number of methoxy groups -OCH3 is 1. The summed E-state index contributed by atoms with van der Waals surface area (Å²) in [6, 6.07) is 3.46. The summed E-state index contributed by atoms with van der Waals surface area (Å²) >= 11 is 1.43. The molecule has 0 N–H and O–H groups in total. The van der Waals surface area contributed by atoms with E-state index in [1.165, 1.54) is 18.9 Å². The first-order chi connectivity index (χ1) is 7.26. The SMILES string of the molecule is COC(=O)c1cc2ccnn2c(SC)n1. The average Bonchev–Trinajstić information content (AvgIpc) is 2.74. The molecule has 2 rings (SSSR count). The Bertz CT molecular complexity index is 509. The van der Waals surface area contributed by atoms with Crippen LogP contribution in [0.1, 0.15) is 10.5 Å². The van der Waals surface area contributed by atoms with E-state index >= 15 is 0 Å². The molecule has 0 aromatic carbocycles. The first-order valence-electron chi connectivity index (χ1n) is 4.23. The van der Waals surface area contributed by atoms with Gasteiger partial charge in [-0.2, -0.15) is 5.10 Å². The summed E-state index contributed by atoms with van der Waals surface area (Å²) in [7, 11) is 1.34. The van der Waals surface area contributed by atoms with Crippen molar-refractivity contribution in [1.82, 2.24) is 14.6 Å². The highest BCUT2D eigenvalue weighted by molar-refractivity contribution is 7.98. The Kier molecular flexibility index (Phi) is 2.59. The van der Waals surface area contributed by atoms with E-state index in [0.717, 1.165) is 5.52 Å². The molecule has 5 nitrogen and oxygen atoms in total. The number of carbonyl (C=O) groups is 1. The molecule has 0 saturated carbocycles. The molecule has 0 aliphatic carbocycles. The normalized spacial score (nSPS) is 10.5. The van der Waals surface area contributed by atoms with Crippen molar-refractivity contribution in [2.45, 2.75) is 5.16 Å². The summed E-state index contributed by atoms with van der Waals surface area (Å²) in [5.41, 5.74) is 1.13. The third kappa shape index (κ3) is 1.68. The van der Waals surface area contributed by atoms with Crippen molar-refractivity contribution in [3.05, 3.63) is 24.0 Å². The van der Waals surface area contributed by atoms with Gasteiger partial charge in [-0.1, -0.05) is 11.8 Å². The van der Waals surface area contributed by atoms with Gasteiger partial charge in [-0.3, -0.25) is 0 Å². The third-order valence-electron chi connectivity index (χ3n) is 1.93. The Morgan fingerprint density at radius 2 is 2.40 bits per heavy atom. The second-order valence-electron chi connectivity index (χ2n) is 2.79. The highest BCUT2D eigenvalue weighted by Crippen LogP contribution is 2.15. The van der Waals surface area contributed by atoms with Crippen LogP contribution in [0, 0.1) is 0 Å². The van der Waals surface area contributed by atoms with Gasteiger partial charge in [0, 0.05) is 0 Å². The maximum absolute atomic E-state index is 11.3. The second kappa shape index (κ2) is 3.90. The van der Waals surface area contributed by atoms with Crippen molar-refractivity contribution in [1.29, 1.82) is 0 Å². The molecule has 0 unspecified atom stereocenters. The summed E-state index contributed by atoms with van der Waals surface area (Å²) < 4.78 is 6.30. The number of hydrogen-bond donors (Lipinski definition) is 0. The molecule has 0 aliphatic rings. The van der Waals surface area contributed by atoms with Gasteiger partial charge in [0.25, 0.3) is 0 Å². The summed E-state index contributed by atoms with van der Waals surface area (Å²) in [5.74, 6) is -0.436. The number of carbonyl (C=O) groups excluding carboxylic acids is 1. The Morgan fingerprint density at radius 3 is 3.07 bits per heavy atom. The minimum atomic E-state index is -0.436. The van der Waals surface area contributed by atoms with Crippen molar-refractivity contribution >= 4 is 23.2 Å². The van der Waals surface area contributed by atoms with Crippen molar-refractivity contribution in [2.24, 2.45) is 0 Å². The van der Waals surface area contributed by atoms with Gasteiger partial charge in [-0.25, -0.2) is 14.3 Å². The monoisotopic (exact) mass is 223 g/mol. The van der Waals surface area contributed by atoms with Gasteiger partial charge in [0.05, 0.1) is 18.8 Å². The average molecular weight is 223 g/mol. The fraction of sp³-hybridized carbons (Fsp3) is 0.222. The molecule has 15 heavy (non-hydrogen) atoms. The van der Waals surface area contributed by atoms with Crippen LogP contribution in [0.3, 0.4) is 0 Å². The van der Waals surface area contributed by atoms with Crippen molar-refractivity contribution in [3.8, 4) is 0 Å². The number of esters is 1. The largest absolute Gasteiger partial charge is 0.464 e. The van der Waals surface area contributed by atoms with E-state index in [0.29, 0.717) is 10.9 Å². The Hall–Kier alpha value is -1.56. The van der Waals surface area contributed by atoms with E-state index < -0.39 is 5.97 Å². The van der Waals surface area contributed by atoms with Gasteiger partial charge in [-0.15, -0.1) is 0 Å². The number of nitrogens with zero attached hydrogens (tertiary/aromatic N) is 3. The highest BCUT2D eigenvalue weighted by atomic mass is 32.2. The van der Waals surface area contributed by atoms with Gasteiger partial charge < -0.3 is 4.74 Å². The van der Waals surface area contributed by atoms with Crippen LogP contribution >= 0.6 is 11.8 Å². The summed E-state index contributed by atoms with van der Waals surface area (Å²) in [6.45, 7) is 0. The maximum atomic E-state index is 11.3. The van der Waals surface area contributed by atoms with Crippen LogP contribution in [0.15, 0.2) is 23.5 Å². The van der Waals surface area contributed by atoms with Crippen LogP contribution in [0.25, 0.3) is 5.52 Å². The Labute approximate surface area is 90.5 Å². The quantitative estimate of drug-likeness (QED) is 0.435. The van der Waals surface area contributed by atoms with Gasteiger partial charge in [0.15, 0.2) is 10.9 Å². The number of fused-ring (bicyclic) bond motifs is 1. The zero-order chi connectivity index (χ0) is 10.8. The predicted octanol–water partition coefficient (Wildman–Crippen LogP) is 1.24. The molecule has 0 bridgehead atoms. The molecule has 0 amide bonds. The molecule has 78 valence electrons. The first kappa shape index (κ1) is 9.97. The van der Waals surface area contributed by atoms with Crippen LogP contribution in [0.4, 0.5) is 0 Å². The summed E-state index contributed by atoms with van der Waals surface area (Å²) in [6.07, 6.45) is 3.54. The van der Waals surface area contributed by atoms with Crippen LogP contribution in [0.2, 0.25) is 0 Å². The van der Waals surface area contributed by atoms with Crippen LogP contribution in [-0.2, 0) is 4.74 Å². The Morgan fingerprint density at radius 1 is 1.60 bits per heavy atom. The van der Waals surface area contributed by atoms with E-state index in [1.807, 2.05) is 12.3 Å². The standard InChI is InChI=1S/C9H9N3O2S/c1-14-8(13)7-5-6-3-4-10-12(6)9(11-7)15-2/h3-5H,1-2H3. The molecular weight excluding hydrogens is 214 g/mol. The molecule has 0 atom stereocenters. The second-order valence-corrected chi connectivity index (χ2v) is 3.56. The number of aromatic nitrogens is 3. The molecule has 0 fully saturated rings. The minimum absolute atomic E-state index is 0.301. The topological polar surface area (TPSA) is 56.5 Å². The predicted molar refractivity (Wildman–Crippen MR) is 56.1 cm³/mol. The maximum Gasteiger partial charge on any atom is 0.356 e. The first-order valence-corrected chi connectivity index (χ1v) is 5.46. The molecule has 0 spiro atoms. The number of hydrogen-bond acceptors (Lipinski definition) is 5. The lowest BCUT2D eigenvalue weighted by molar-refractivity contribution is 0.0593. The zero-order valence-corrected chi connectivity index (χ0v) is 9.11. The fourth-order valence-electron chi connectivity index (χ4n) is 1.25. The van der Waals surface area contributed by atoms with E-state index in [1.54, 1.807) is 16.8 Å². The zero-order valence-electron chi connectivity index (χ0n) is 8.30. The Balaban J connectivity index is 2.63. The van der Waals surface area contributed by atoms with Gasteiger partial charge in [0.2, 0.25) is 0 Å². The number of ether oxygens (including phenoxy) is 1. The van der Waals surface area contributed by atoms with E-state index in [4.69, 9.17) is 0 Å². The molecule has 6 heteroatoms. The van der Waals surface area contributed by atoms with Crippen molar-refractivity contribution < 1.29 is 9.53 Å². The van der Waals surface area contributed by atoms with Crippen molar-refractivity contribution in [3.63, 3.8) is 0 Å². The lowest BCUT2D eigenvalue weighted by Gasteiger charge is -2.03. The molecule has 2 aromatic heterocycles. The fourth-order valence-corrected chi connectivity index (χ4v) is 1.76.